The largest absolute Gasteiger partial charge is 0.448 e. The van der Waals surface area contributed by atoms with Gasteiger partial charge in [-0.2, -0.15) is 5.26 Å². The summed E-state index contributed by atoms with van der Waals surface area (Å²) in [5.41, 5.74) is 1.31. The van der Waals surface area contributed by atoms with E-state index in [9.17, 15) is 9.59 Å². The maximum absolute atomic E-state index is 12.1. The predicted molar refractivity (Wildman–Crippen MR) is 86.3 cm³/mol. The monoisotopic (exact) mass is 329 g/mol. The highest BCUT2D eigenvalue weighted by Gasteiger charge is 2.22. The number of aromatic nitrogens is 1. The first kappa shape index (κ1) is 16.6. The van der Waals surface area contributed by atoms with E-state index in [1.165, 1.54) is 18.3 Å². The Balaban J connectivity index is 2.04. The number of nitriles is 1. The van der Waals surface area contributed by atoms with Gasteiger partial charge in [-0.15, -0.1) is 11.3 Å². The Hall–Kier alpha value is -2.72. The van der Waals surface area contributed by atoms with Gasteiger partial charge in [0.05, 0.1) is 22.0 Å². The Bertz CT molecular complexity index is 792. The smallest absolute Gasteiger partial charge is 0.351 e. The van der Waals surface area contributed by atoms with Crippen LogP contribution < -0.4 is 5.32 Å². The normalized spacial score (nSPS) is 11.4. The summed E-state index contributed by atoms with van der Waals surface area (Å²) in [5.74, 6) is -1.08. The molecule has 1 atom stereocenters. The minimum absolute atomic E-state index is 0.341. The Morgan fingerprint density at radius 1 is 1.35 bits per heavy atom. The molecule has 0 unspecified atom stereocenters. The summed E-state index contributed by atoms with van der Waals surface area (Å²) in [4.78, 5) is 28.8. The molecule has 0 spiro atoms. The fraction of sp³-hybridized carbons (Fsp3) is 0.250. The number of nitrogens with zero attached hydrogens (tertiary/aromatic N) is 2. The second kappa shape index (κ2) is 7.03. The number of hydrogen-bond acceptors (Lipinski definition) is 6. The van der Waals surface area contributed by atoms with Crippen LogP contribution in [0.3, 0.4) is 0 Å². The average molecular weight is 329 g/mol. The summed E-state index contributed by atoms with van der Waals surface area (Å²) >= 11 is 1.23. The van der Waals surface area contributed by atoms with Crippen LogP contribution in [0.2, 0.25) is 0 Å². The molecular formula is C16H15N3O3S. The molecule has 0 saturated carbocycles. The van der Waals surface area contributed by atoms with E-state index >= 15 is 0 Å². The van der Waals surface area contributed by atoms with Crippen molar-refractivity contribution in [3.05, 3.63) is 45.4 Å². The van der Waals surface area contributed by atoms with Crippen molar-refractivity contribution >= 4 is 28.9 Å². The zero-order valence-electron chi connectivity index (χ0n) is 12.9. The number of benzene rings is 1. The predicted octanol–water partition coefficient (Wildman–Crippen LogP) is 2.82. The summed E-state index contributed by atoms with van der Waals surface area (Å²) in [6.07, 6.45) is -0.990. The van der Waals surface area contributed by atoms with Crippen molar-refractivity contribution in [1.82, 2.24) is 4.98 Å². The molecule has 6 nitrogen and oxygen atoms in total. The number of thiazole rings is 1. The maximum Gasteiger partial charge on any atom is 0.351 e. The first-order valence-corrected chi connectivity index (χ1v) is 7.69. The Morgan fingerprint density at radius 3 is 2.65 bits per heavy atom. The molecule has 7 heteroatoms. The zero-order valence-corrected chi connectivity index (χ0v) is 13.7. The molecule has 1 heterocycles. The number of nitrogens with one attached hydrogen (secondary N) is 1. The summed E-state index contributed by atoms with van der Waals surface area (Å²) in [6, 6.07) is 8.60. The van der Waals surface area contributed by atoms with Gasteiger partial charge in [-0.1, -0.05) is 12.1 Å². The summed E-state index contributed by atoms with van der Waals surface area (Å²) in [6.45, 7) is 4.99. The van der Waals surface area contributed by atoms with Gasteiger partial charge in [0.25, 0.3) is 5.91 Å². The highest BCUT2D eigenvalue weighted by Crippen LogP contribution is 2.19. The van der Waals surface area contributed by atoms with Crippen molar-refractivity contribution in [3.8, 4) is 6.07 Å². The van der Waals surface area contributed by atoms with E-state index in [0.717, 1.165) is 5.01 Å². The van der Waals surface area contributed by atoms with Gasteiger partial charge in [-0.05, 0) is 32.9 Å². The van der Waals surface area contributed by atoms with Crippen molar-refractivity contribution < 1.29 is 14.3 Å². The first-order valence-electron chi connectivity index (χ1n) is 6.87. The third-order valence-electron chi connectivity index (χ3n) is 3.05. The fourth-order valence-corrected chi connectivity index (χ4v) is 2.72. The van der Waals surface area contributed by atoms with Gasteiger partial charge in [-0.25, -0.2) is 9.78 Å². The topological polar surface area (TPSA) is 92.1 Å². The van der Waals surface area contributed by atoms with Gasteiger partial charge in [0.2, 0.25) is 0 Å². The molecule has 1 aromatic carbocycles. The number of rotatable bonds is 4. The highest BCUT2D eigenvalue weighted by molar-refractivity contribution is 7.13. The third-order valence-corrected chi connectivity index (χ3v) is 4.10. The molecule has 23 heavy (non-hydrogen) atoms. The zero-order chi connectivity index (χ0) is 17.0. The van der Waals surface area contributed by atoms with Crippen LogP contribution in [0.1, 0.15) is 32.9 Å². The van der Waals surface area contributed by atoms with E-state index < -0.39 is 18.0 Å². The molecule has 0 aliphatic carbocycles. The minimum atomic E-state index is -0.990. The lowest BCUT2D eigenvalue weighted by atomic mass is 10.2. The summed E-state index contributed by atoms with van der Waals surface area (Å²) < 4.78 is 5.17. The van der Waals surface area contributed by atoms with Crippen LogP contribution >= 0.6 is 11.3 Å². The fourth-order valence-electron chi connectivity index (χ4n) is 1.91. The van der Waals surface area contributed by atoms with Crippen molar-refractivity contribution in [2.24, 2.45) is 0 Å². The van der Waals surface area contributed by atoms with Crippen LogP contribution in [0, 0.1) is 25.2 Å². The van der Waals surface area contributed by atoms with Crippen molar-refractivity contribution in [3.63, 3.8) is 0 Å². The number of hydrogen-bond donors (Lipinski definition) is 1. The van der Waals surface area contributed by atoms with E-state index in [4.69, 9.17) is 10.00 Å². The lowest BCUT2D eigenvalue weighted by Crippen LogP contribution is -2.30. The summed E-state index contributed by atoms with van der Waals surface area (Å²) in [7, 11) is 0. The second-order valence-electron chi connectivity index (χ2n) is 4.84. The third kappa shape index (κ3) is 3.93. The van der Waals surface area contributed by atoms with E-state index in [1.54, 1.807) is 38.1 Å². The van der Waals surface area contributed by atoms with Gasteiger partial charge < -0.3 is 10.1 Å². The number of esters is 1. The second-order valence-corrected chi connectivity index (χ2v) is 6.04. The SMILES string of the molecule is Cc1nc(C)c(C(=O)O[C@H](C)C(=O)Nc2ccccc2C#N)s1. The van der Waals surface area contributed by atoms with E-state index in [1.807, 2.05) is 6.07 Å². The first-order chi connectivity index (χ1) is 10.9. The Labute approximate surface area is 137 Å². The minimum Gasteiger partial charge on any atom is -0.448 e. The van der Waals surface area contributed by atoms with Crippen LogP contribution in [-0.4, -0.2) is 23.0 Å². The lowest BCUT2D eigenvalue weighted by Gasteiger charge is -2.13. The van der Waals surface area contributed by atoms with Crippen LogP contribution in [0.5, 0.6) is 0 Å². The molecule has 2 aromatic rings. The molecule has 0 saturated heterocycles. The molecule has 0 fully saturated rings. The standard InChI is InChI=1S/C16H15N3O3S/c1-9-14(23-11(3)18-9)16(21)22-10(2)15(20)19-13-7-5-4-6-12(13)8-17/h4-7,10H,1-3H3,(H,19,20)/t10-/m1/s1. The molecule has 0 aliphatic heterocycles. The number of amides is 1. The van der Waals surface area contributed by atoms with Gasteiger partial charge in [-0.3, -0.25) is 4.79 Å². The molecule has 2 rings (SSSR count). The van der Waals surface area contributed by atoms with Crippen LogP contribution in [0.25, 0.3) is 0 Å². The van der Waals surface area contributed by atoms with Crippen molar-refractivity contribution in [2.75, 3.05) is 5.32 Å². The quantitative estimate of drug-likeness (QED) is 0.871. The van der Waals surface area contributed by atoms with E-state index in [-0.39, 0.29) is 0 Å². The molecule has 0 aliphatic rings. The maximum atomic E-state index is 12.1. The molecule has 0 bridgehead atoms. The summed E-state index contributed by atoms with van der Waals surface area (Å²) in [5, 5.41) is 12.4. The number of anilines is 1. The average Bonchev–Trinajstić information content (AvgIpc) is 2.86. The molecule has 118 valence electrons. The van der Waals surface area contributed by atoms with Crippen LogP contribution in [0.4, 0.5) is 5.69 Å². The molecule has 1 aromatic heterocycles. The van der Waals surface area contributed by atoms with Gasteiger partial charge >= 0.3 is 5.97 Å². The number of carbonyl (C=O) groups excluding carboxylic acids is 2. The number of para-hydroxylation sites is 1. The molecule has 1 amide bonds. The lowest BCUT2D eigenvalue weighted by molar-refractivity contribution is -0.123. The Kier molecular flexibility index (Phi) is 5.09. The number of aryl methyl sites for hydroxylation is 2. The number of carbonyl (C=O) groups is 2. The van der Waals surface area contributed by atoms with Crippen LogP contribution in [-0.2, 0) is 9.53 Å². The molecule has 0 radical (unpaired) electrons. The Morgan fingerprint density at radius 2 is 2.04 bits per heavy atom. The van der Waals surface area contributed by atoms with Gasteiger partial charge in [0, 0.05) is 0 Å². The van der Waals surface area contributed by atoms with Gasteiger partial charge in [0.1, 0.15) is 10.9 Å². The van der Waals surface area contributed by atoms with Crippen molar-refractivity contribution in [1.29, 1.82) is 5.26 Å². The van der Waals surface area contributed by atoms with E-state index in [0.29, 0.717) is 21.8 Å². The highest BCUT2D eigenvalue weighted by atomic mass is 32.1. The van der Waals surface area contributed by atoms with Gasteiger partial charge in [0.15, 0.2) is 6.10 Å². The van der Waals surface area contributed by atoms with Crippen molar-refractivity contribution in [2.45, 2.75) is 26.9 Å². The van der Waals surface area contributed by atoms with Crippen LogP contribution in [0.15, 0.2) is 24.3 Å². The number of ether oxygens (including phenoxy) is 1. The van der Waals surface area contributed by atoms with E-state index in [2.05, 4.69) is 10.3 Å². The molecule has 1 N–H and O–H groups in total. The molecular weight excluding hydrogens is 314 g/mol.